The lowest BCUT2D eigenvalue weighted by atomic mass is 9.92. The summed E-state index contributed by atoms with van der Waals surface area (Å²) in [7, 11) is 3.07. The van der Waals surface area contributed by atoms with E-state index in [9.17, 15) is 9.59 Å². The molecule has 1 saturated carbocycles. The first-order chi connectivity index (χ1) is 17.0. The van der Waals surface area contributed by atoms with Crippen molar-refractivity contribution >= 4 is 29.7 Å². The molecule has 2 aromatic carbocycles. The van der Waals surface area contributed by atoms with Crippen LogP contribution in [0.5, 0.6) is 0 Å². The first-order valence-electron chi connectivity index (χ1n) is 12.2. The summed E-state index contributed by atoms with van der Waals surface area (Å²) in [5.41, 5.74) is 3.88. The second-order valence-electron chi connectivity index (χ2n) is 9.11. The van der Waals surface area contributed by atoms with Crippen LogP contribution in [0.4, 0.5) is 0 Å². The summed E-state index contributed by atoms with van der Waals surface area (Å²) in [6.07, 6.45) is 6.08. The summed E-state index contributed by atoms with van der Waals surface area (Å²) in [6, 6.07) is 15.9. The Morgan fingerprint density at radius 2 is 1.83 bits per heavy atom. The minimum absolute atomic E-state index is 0.105. The highest BCUT2D eigenvalue weighted by Crippen LogP contribution is 2.42. The van der Waals surface area contributed by atoms with Gasteiger partial charge in [0.15, 0.2) is 6.29 Å². The van der Waals surface area contributed by atoms with E-state index < -0.39 is 6.29 Å². The second kappa shape index (κ2) is 11.9. The number of hydrogen-bond acceptors (Lipinski definition) is 5. The smallest absolute Gasteiger partial charge is 0.260 e. The Bertz CT molecular complexity index is 1060. The van der Waals surface area contributed by atoms with Crippen LogP contribution in [0, 0.1) is 6.92 Å². The van der Waals surface area contributed by atoms with Crippen molar-refractivity contribution in [2.75, 3.05) is 20.8 Å². The quantitative estimate of drug-likeness (QED) is 0.423. The summed E-state index contributed by atoms with van der Waals surface area (Å²) in [5.74, 6) is -0.0886. The fourth-order valence-corrected chi connectivity index (χ4v) is 6.23. The van der Waals surface area contributed by atoms with Crippen LogP contribution in [0.2, 0.25) is 0 Å². The molecule has 0 spiro atoms. The third kappa shape index (κ3) is 6.15. The van der Waals surface area contributed by atoms with E-state index in [1.807, 2.05) is 30.3 Å². The van der Waals surface area contributed by atoms with E-state index in [2.05, 4.69) is 29.3 Å². The molecule has 1 aliphatic carbocycles. The van der Waals surface area contributed by atoms with Gasteiger partial charge in [-0.25, -0.2) is 0 Å². The fourth-order valence-electron chi connectivity index (χ4n) is 4.76. The minimum atomic E-state index is -0.483. The molecule has 6 nitrogen and oxygen atoms in total. The normalized spacial score (nSPS) is 21.3. The van der Waals surface area contributed by atoms with E-state index in [0.717, 1.165) is 23.3 Å². The lowest BCUT2D eigenvalue weighted by Gasteiger charge is -2.44. The van der Waals surface area contributed by atoms with Crippen LogP contribution in [0.25, 0.3) is 6.08 Å². The summed E-state index contributed by atoms with van der Waals surface area (Å²) >= 11 is 1.73. The molecule has 1 heterocycles. The van der Waals surface area contributed by atoms with Crippen molar-refractivity contribution in [2.24, 2.45) is 0 Å². The van der Waals surface area contributed by atoms with Gasteiger partial charge in [-0.2, -0.15) is 0 Å². The topological polar surface area (TPSA) is 67.9 Å². The molecule has 35 heavy (non-hydrogen) atoms. The van der Waals surface area contributed by atoms with Gasteiger partial charge in [-0.3, -0.25) is 9.59 Å². The predicted octanol–water partition coefficient (Wildman–Crippen LogP) is 4.77. The van der Waals surface area contributed by atoms with E-state index in [-0.39, 0.29) is 24.4 Å². The third-order valence-electron chi connectivity index (χ3n) is 6.85. The van der Waals surface area contributed by atoms with Crippen LogP contribution >= 0.6 is 11.8 Å². The van der Waals surface area contributed by atoms with E-state index in [1.54, 1.807) is 23.9 Å². The largest absolute Gasteiger partial charge is 0.354 e. The minimum Gasteiger partial charge on any atom is -0.354 e. The molecular weight excluding hydrogens is 460 g/mol. The van der Waals surface area contributed by atoms with E-state index in [4.69, 9.17) is 9.47 Å². The number of aryl methyl sites for hydroxylation is 1. The van der Waals surface area contributed by atoms with Gasteiger partial charge in [0.25, 0.3) is 11.8 Å². The lowest BCUT2D eigenvalue weighted by molar-refractivity contribution is -0.130. The zero-order valence-corrected chi connectivity index (χ0v) is 21.5. The van der Waals surface area contributed by atoms with Crippen molar-refractivity contribution in [3.63, 3.8) is 0 Å². The number of carbonyl (C=O) groups is 2. The van der Waals surface area contributed by atoms with Crippen LogP contribution in [0.15, 0.2) is 53.4 Å². The Balaban J connectivity index is 1.50. The van der Waals surface area contributed by atoms with E-state index >= 15 is 0 Å². The molecule has 1 aliphatic heterocycles. The number of ether oxygens (including phenoxy) is 2. The molecule has 0 aromatic heterocycles. The lowest BCUT2D eigenvalue weighted by Crippen LogP contribution is -2.50. The molecule has 1 saturated heterocycles. The Hall–Kier alpha value is -2.61. The van der Waals surface area contributed by atoms with Crippen molar-refractivity contribution in [3.8, 4) is 0 Å². The number of carbonyl (C=O) groups excluding carboxylic acids is 2. The first kappa shape index (κ1) is 25.5. The molecule has 4 rings (SSSR count). The SMILES string of the molecule is COC(CNC(=O)c1ccc(/C=C2/SC3CCCCC3N(Cc3ccccc3C)C2=O)cc1)OC. The zero-order chi connectivity index (χ0) is 24.8. The molecule has 186 valence electrons. The Morgan fingerprint density at radius 3 is 2.54 bits per heavy atom. The molecule has 0 radical (unpaired) electrons. The first-order valence-corrected chi connectivity index (χ1v) is 13.1. The molecule has 2 amide bonds. The number of amides is 2. The van der Waals surface area contributed by atoms with E-state index in [1.165, 1.54) is 38.2 Å². The van der Waals surface area contributed by atoms with Crippen LogP contribution in [0.1, 0.15) is 52.7 Å². The fraction of sp³-hybridized carbons (Fsp3) is 0.429. The maximum atomic E-state index is 13.6. The number of hydrogen-bond donors (Lipinski definition) is 1. The Kier molecular flexibility index (Phi) is 8.65. The Morgan fingerprint density at radius 1 is 1.11 bits per heavy atom. The van der Waals surface area contributed by atoms with Crippen molar-refractivity contribution in [2.45, 2.75) is 56.7 Å². The van der Waals surface area contributed by atoms with Crippen molar-refractivity contribution in [1.29, 1.82) is 0 Å². The summed E-state index contributed by atoms with van der Waals surface area (Å²) in [6.45, 7) is 3.02. The number of benzene rings is 2. The van der Waals surface area contributed by atoms with Gasteiger partial charge in [-0.1, -0.05) is 49.2 Å². The molecule has 7 heteroatoms. The molecule has 2 unspecified atom stereocenters. The van der Waals surface area contributed by atoms with Crippen molar-refractivity contribution < 1.29 is 19.1 Å². The molecule has 2 aromatic rings. The van der Waals surface area contributed by atoms with Gasteiger partial charge in [0.2, 0.25) is 0 Å². The number of nitrogens with one attached hydrogen (secondary N) is 1. The summed E-state index contributed by atoms with van der Waals surface area (Å²) in [5, 5.41) is 3.23. The third-order valence-corrected chi connectivity index (χ3v) is 8.24. The molecule has 0 bridgehead atoms. The monoisotopic (exact) mass is 494 g/mol. The molecule has 2 atom stereocenters. The molecule has 1 N–H and O–H groups in total. The van der Waals surface area contributed by atoms with Crippen LogP contribution in [0.3, 0.4) is 0 Å². The number of methoxy groups -OCH3 is 2. The van der Waals surface area contributed by atoms with Crippen LogP contribution < -0.4 is 5.32 Å². The van der Waals surface area contributed by atoms with Crippen molar-refractivity contribution in [3.05, 3.63) is 75.7 Å². The van der Waals surface area contributed by atoms with Gasteiger partial charge in [-0.05, 0) is 54.7 Å². The van der Waals surface area contributed by atoms with E-state index in [0.29, 0.717) is 17.4 Å². The molecule has 2 aliphatic rings. The summed E-state index contributed by atoms with van der Waals surface area (Å²) < 4.78 is 10.2. The number of rotatable bonds is 8. The van der Waals surface area contributed by atoms with Gasteiger partial charge in [0, 0.05) is 37.6 Å². The average Bonchev–Trinajstić information content (AvgIpc) is 2.88. The van der Waals surface area contributed by atoms with Gasteiger partial charge in [0.05, 0.1) is 11.4 Å². The average molecular weight is 495 g/mol. The predicted molar refractivity (Wildman–Crippen MR) is 140 cm³/mol. The molecule has 2 fully saturated rings. The van der Waals surface area contributed by atoms with Crippen LogP contribution in [-0.2, 0) is 20.8 Å². The summed E-state index contributed by atoms with van der Waals surface area (Å²) in [4.78, 5) is 28.9. The standard InChI is InChI=1S/C28H34N2O4S/c1-19-8-4-5-9-22(19)18-30-23-10-6-7-11-24(23)35-25(28(30)32)16-20-12-14-21(15-13-20)27(31)29-17-26(33-2)34-3/h4-5,8-9,12-16,23-24,26H,6-7,10-11,17-18H2,1-3H3,(H,29,31)/b25-16+. The maximum Gasteiger partial charge on any atom is 0.260 e. The van der Waals surface area contributed by atoms with Gasteiger partial charge in [0.1, 0.15) is 0 Å². The molecular formula is C28H34N2O4S. The van der Waals surface area contributed by atoms with Gasteiger partial charge < -0.3 is 19.7 Å². The zero-order valence-electron chi connectivity index (χ0n) is 20.7. The maximum absolute atomic E-state index is 13.6. The Labute approximate surface area is 212 Å². The van der Waals surface area contributed by atoms with Crippen LogP contribution in [-0.4, -0.2) is 55.1 Å². The number of thioether (sulfide) groups is 1. The second-order valence-corrected chi connectivity index (χ2v) is 10.4. The number of fused-ring (bicyclic) bond motifs is 1. The highest BCUT2D eigenvalue weighted by Gasteiger charge is 2.40. The highest BCUT2D eigenvalue weighted by molar-refractivity contribution is 8.04. The van der Waals surface area contributed by atoms with Gasteiger partial charge in [-0.15, -0.1) is 11.8 Å². The van der Waals surface area contributed by atoms with Gasteiger partial charge >= 0.3 is 0 Å². The number of nitrogens with zero attached hydrogens (tertiary/aromatic N) is 1. The highest BCUT2D eigenvalue weighted by atomic mass is 32.2. The van der Waals surface area contributed by atoms with Crippen molar-refractivity contribution in [1.82, 2.24) is 10.2 Å².